The van der Waals surface area contributed by atoms with Gasteiger partial charge in [0.2, 0.25) is 0 Å². The van der Waals surface area contributed by atoms with E-state index in [1.807, 2.05) is 0 Å². The molecule has 5 N–H and O–H groups in total. The van der Waals surface area contributed by atoms with Crippen molar-refractivity contribution in [2.45, 2.75) is 5.66 Å². The maximum absolute atomic E-state index is 13.4. The summed E-state index contributed by atoms with van der Waals surface area (Å²) >= 11 is 5.40. The maximum Gasteiger partial charge on any atom is 0.153 e. The molecule has 90 valence electrons. The zero-order valence-corrected chi connectivity index (χ0v) is 9.43. The van der Waals surface area contributed by atoms with Crippen molar-refractivity contribution in [1.29, 1.82) is 0 Å². The molecule has 1 unspecified atom stereocenters. The fourth-order valence-corrected chi connectivity index (χ4v) is 1.69. The summed E-state index contributed by atoms with van der Waals surface area (Å²) in [6.45, 7) is 0. The lowest BCUT2D eigenvalue weighted by molar-refractivity contribution is 0.448. The van der Waals surface area contributed by atoms with E-state index in [-0.39, 0.29) is 11.3 Å². The molecule has 17 heavy (non-hydrogen) atoms. The van der Waals surface area contributed by atoms with Crippen LogP contribution in [0.25, 0.3) is 0 Å². The monoisotopic (exact) mass is 257 g/mol. The van der Waals surface area contributed by atoms with Gasteiger partial charge in [-0.25, -0.2) is 8.78 Å². The Morgan fingerprint density at radius 3 is 2.35 bits per heavy atom. The Balaban J connectivity index is 2.55. The van der Waals surface area contributed by atoms with Gasteiger partial charge >= 0.3 is 0 Å². The SMILES string of the molecule is NC1=CC=CNC1(N)c1cc(F)c(Cl)c(F)c1. The van der Waals surface area contributed by atoms with Crippen LogP contribution in [0.2, 0.25) is 5.02 Å². The summed E-state index contributed by atoms with van der Waals surface area (Å²) in [4.78, 5) is 0. The third-order valence-corrected chi connectivity index (χ3v) is 2.94. The lowest BCUT2D eigenvalue weighted by Gasteiger charge is -2.33. The number of nitrogens with two attached hydrogens (primary N) is 2. The van der Waals surface area contributed by atoms with Gasteiger partial charge in [0.1, 0.15) is 16.7 Å². The largest absolute Gasteiger partial charge is 0.399 e. The van der Waals surface area contributed by atoms with Gasteiger partial charge in [-0.1, -0.05) is 11.6 Å². The lowest BCUT2D eigenvalue weighted by atomic mass is 9.95. The predicted octanol–water partition coefficient (Wildman–Crippen LogP) is 1.69. The first-order chi connectivity index (χ1) is 7.95. The predicted molar refractivity (Wildman–Crippen MR) is 61.8 cm³/mol. The highest BCUT2D eigenvalue weighted by Crippen LogP contribution is 2.28. The minimum absolute atomic E-state index is 0.162. The van der Waals surface area contributed by atoms with Gasteiger partial charge in [0.25, 0.3) is 0 Å². The van der Waals surface area contributed by atoms with Crippen LogP contribution in [0.5, 0.6) is 0 Å². The highest BCUT2D eigenvalue weighted by molar-refractivity contribution is 6.30. The van der Waals surface area contributed by atoms with Gasteiger partial charge in [-0.15, -0.1) is 0 Å². The quantitative estimate of drug-likeness (QED) is 0.671. The summed E-state index contributed by atoms with van der Waals surface area (Å²) < 4.78 is 26.7. The van der Waals surface area contributed by atoms with Crippen LogP contribution in [0.3, 0.4) is 0 Å². The minimum atomic E-state index is -1.33. The van der Waals surface area contributed by atoms with Crippen molar-refractivity contribution in [2.24, 2.45) is 11.5 Å². The summed E-state index contributed by atoms with van der Waals surface area (Å²) in [7, 11) is 0. The summed E-state index contributed by atoms with van der Waals surface area (Å²) in [5.41, 5.74) is 10.8. The lowest BCUT2D eigenvalue weighted by Crippen LogP contribution is -2.53. The normalized spacial score (nSPS) is 23.2. The number of halogens is 3. The average molecular weight is 258 g/mol. The van der Waals surface area contributed by atoms with Crippen molar-refractivity contribution >= 4 is 11.6 Å². The number of allylic oxidation sites excluding steroid dienone is 2. The second kappa shape index (κ2) is 4.01. The van der Waals surface area contributed by atoms with Crippen molar-refractivity contribution in [2.75, 3.05) is 0 Å². The third-order valence-electron chi connectivity index (χ3n) is 2.58. The molecule has 0 spiro atoms. The standard InChI is InChI=1S/C11H10ClF2N3/c12-10-7(13)4-6(5-8(10)14)11(16)9(15)2-1-3-17-11/h1-5,17H,15-16H2. The molecule has 0 saturated heterocycles. The molecule has 1 aromatic rings. The highest BCUT2D eigenvalue weighted by Gasteiger charge is 2.32. The highest BCUT2D eigenvalue weighted by atomic mass is 35.5. The van der Waals surface area contributed by atoms with Gasteiger partial charge in [0.15, 0.2) is 5.66 Å². The molecule has 1 aliphatic heterocycles. The molecule has 0 amide bonds. The zero-order valence-electron chi connectivity index (χ0n) is 8.68. The molecule has 3 nitrogen and oxygen atoms in total. The Labute approximate surface area is 102 Å². The number of hydrogen-bond acceptors (Lipinski definition) is 3. The Kier molecular flexibility index (Phi) is 2.81. The molecule has 0 saturated carbocycles. The number of nitrogens with one attached hydrogen (secondary N) is 1. The van der Waals surface area contributed by atoms with Gasteiger partial charge in [0, 0.05) is 5.56 Å². The van der Waals surface area contributed by atoms with E-state index in [1.54, 1.807) is 18.4 Å². The van der Waals surface area contributed by atoms with E-state index in [4.69, 9.17) is 23.1 Å². The van der Waals surface area contributed by atoms with E-state index < -0.39 is 22.3 Å². The van der Waals surface area contributed by atoms with Crippen LogP contribution >= 0.6 is 11.6 Å². The van der Waals surface area contributed by atoms with E-state index in [1.165, 1.54) is 0 Å². The van der Waals surface area contributed by atoms with Gasteiger partial charge in [-0.2, -0.15) is 0 Å². The van der Waals surface area contributed by atoms with Crippen molar-refractivity contribution in [3.63, 3.8) is 0 Å². The second-order valence-electron chi connectivity index (χ2n) is 3.69. The van der Waals surface area contributed by atoms with Crippen LogP contribution < -0.4 is 16.8 Å². The molecular formula is C11H10ClF2N3. The molecular weight excluding hydrogens is 248 g/mol. The van der Waals surface area contributed by atoms with Crippen LogP contribution in [-0.2, 0) is 5.66 Å². The molecule has 0 aliphatic carbocycles. The van der Waals surface area contributed by atoms with Crippen LogP contribution in [0.15, 0.2) is 36.2 Å². The second-order valence-corrected chi connectivity index (χ2v) is 4.07. The molecule has 1 aliphatic rings. The van der Waals surface area contributed by atoms with Gasteiger partial charge in [-0.3, -0.25) is 5.73 Å². The van der Waals surface area contributed by atoms with Gasteiger partial charge in [-0.05, 0) is 30.5 Å². The Hall–Kier alpha value is -1.59. The minimum Gasteiger partial charge on any atom is -0.399 e. The molecule has 0 aromatic heterocycles. The maximum atomic E-state index is 13.4. The van der Waals surface area contributed by atoms with E-state index >= 15 is 0 Å². The van der Waals surface area contributed by atoms with Crippen LogP contribution in [0, 0.1) is 11.6 Å². The van der Waals surface area contributed by atoms with Crippen molar-refractivity contribution in [3.8, 4) is 0 Å². The summed E-state index contributed by atoms with van der Waals surface area (Å²) in [6.07, 6.45) is 4.74. The molecule has 0 radical (unpaired) electrons. The van der Waals surface area contributed by atoms with Gasteiger partial charge < -0.3 is 11.1 Å². The van der Waals surface area contributed by atoms with Crippen molar-refractivity contribution in [1.82, 2.24) is 5.32 Å². The van der Waals surface area contributed by atoms with Crippen LogP contribution in [0.4, 0.5) is 8.78 Å². The number of benzene rings is 1. The molecule has 1 aromatic carbocycles. The molecule has 1 heterocycles. The van der Waals surface area contributed by atoms with E-state index in [9.17, 15) is 8.78 Å². The van der Waals surface area contributed by atoms with Crippen molar-refractivity contribution < 1.29 is 8.78 Å². The Morgan fingerprint density at radius 2 is 1.82 bits per heavy atom. The first-order valence-electron chi connectivity index (χ1n) is 4.79. The number of rotatable bonds is 1. The average Bonchev–Trinajstić information content (AvgIpc) is 2.29. The molecule has 2 rings (SSSR count). The molecule has 1 atom stereocenters. The topological polar surface area (TPSA) is 64.1 Å². The van der Waals surface area contributed by atoms with Crippen LogP contribution in [-0.4, -0.2) is 0 Å². The molecule has 0 bridgehead atoms. The first kappa shape index (κ1) is 11.9. The zero-order chi connectivity index (χ0) is 12.6. The fourth-order valence-electron chi connectivity index (χ4n) is 1.58. The van der Waals surface area contributed by atoms with Gasteiger partial charge in [0.05, 0.1) is 5.70 Å². The summed E-state index contributed by atoms with van der Waals surface area (Å²) in [5, 5.41) is 2.20. The first-order valence-corrected chi connectivity index (χ1v) is 5.17. The molecule has 6 heteroatoms. The Morgan fingerprint density at radius 1 is 1.24 bits per heavy atom. The van der Waals surface area contributed by atoms with E-state index in [2.05, 4.69) is 5.32 Å². The smallest absolute Gasteiger partial charge is 0.153 e. The summed E-state index contributed by atoms with van der Waals surface area (Å²) in [5.74, 6) is -1.76. The van der Waals surface area contributed by atoms with Crippen LogP contribution in [0.1, 0.15) is 5.56 Å². The molecule has 0 fully saturated rings. The number of dihydropyridines is 1. The van der Waals surface area contributed by atoms with E-state index in [0.29, 0.717) is 0 Å². The fraction of sp³-hybridized carbons (Fsp3) is 0.0909. The van der Waals surface area contributed by atoms with E-state index in [0.717, 1.165) is 12.1 Å². The number of hydrogen-bond donors (Lipinski definition) is 3. The Bertz CT molecular complexity index is 504. The van der Waals surface area contributed by atoms with Crippen molar-refractivity contribution in [3.05, 3.63) is 58.4 Å². The third kappa shape index (κ3) is 1.87. The summed E-state index contributed by atoms with van der Waals surface area (Å²) in [6, 6.07) is 2.11.